The van der Waals surface area contributed by atoms with Crippen LogP contribution in [0.1, 0.15) is 36.7 Å². The molecule has 1 atom stereocenters. The van der Waals surface area contributed by atoms with Crippen LogP contribution in [0.5, 0.6) is 0 Å². The molecule has 4 rings (SSSR count). The molecule has 0 spiro atoms. The van der Waals surface area contributed by atoms with Gasteiger partial charge in [-0.2, -0.15) is 5.10 Å². The molecule has 4 heterocycles. The Labute approximate surface area is 129 Å². The summed E-state index contributed by atoms with van der Waals surface area (Å²) in [6.45, 7) is 1.99. The van der Waals surface area contributed by atoms with Crippen molar-refractivity contribution in [3.8, 4) is 0 Å². The molecule has 0 unspecified atom stereocenters. The van der Waals surface area contributed by atoms with Gasteiger partial charge in [-0.15, -0.1) is 0 Å². The molecule has 0 saturated carbocycles. The SMILES string of the molecule is Cn1cnc(CN2CCCC[C@@H]2c2ccn3nccc3n2)c1. The minimum Gasteiger partial charge on any atom is -0.340 e. The van der Waals surface area contributed by atoms with Crippen molar-refractivity contribution in [2.75, 3.05) is 6.54 Å². The lowest BCUT2D eigenvalue weighted by molar-refractivity contribution is 0.136. The van der Waals surface area contributed by atoms with Gasteiger partial charge in [0.25, 0.3) is 0 Å². The predicted octanol–water partition coefficient (Wildman–Crippen LogP) is 2.19. The fourth-order valence-corrected chi connectivity index (χ4v) is 3.28. The number of piperidine rings is 1. The molecule has 3 aromatic heterocycles. The van der Waals surface area contributed by atoms with Crippen LogP contribution in [0.15, 0.2) is 37.1 Å². The largest absolute Gasteiger partial charge is 0.340 e. The van der Waals surface area contributed by atoms with Crippen molar-refractivity contribution >= 4 is 5.65 Å². The van der Waals surface area contributed by atoms with Crippen LogP contribution in [0.2, 0.25) is 0 Å². The molecule has 0 N–H and O–H groups in total. The maximum absolute atomic E-state index is 4.79. The van der Waals surface area contributed by atoms with Gasteiger partial charge in [-0.25, -0.2) is 14.5 Å². The van der Waals surface area contributed by atoms with Gasteiger partial charge in [0.1, 0.15) is 0 Å². The molecule has 0 radical (unpaired) electrons. The molecule has 1 fully saturated rings. The molecule has 6 heteroatoms. The topological polar surface area (TPSA) is 51.2 Å². The van der Waals surface area contributed by atoms with Gasteiger partial charge in [-0.1, -0.05) is 6.42 Å². The molecule has 1 saturated heterocycles. The summed E-state index contributed by atoms with van der Waals surface area (Å²) >= 11 is 0. The monoisotopic (exact) mass is 296 g/mol. The lowest BCUT2D eigenvalue weighted by Crippen LogP contribution is -2.33. The molecule has 0 aromatic carbocycles. The lowest BCUT2D eigenvalue weighted by Gasteiger charge is -2.34. The third kappa shape index (κ3) is 2.50. The number of nitrogens with zero attached hydrogens (tertiary/aromatic N) is 6. The average molecular weight is 296 g/mol. The first-order valence-corrected chi connectivity index (χ1v) is 7.81. The summed E-state index contributed by atoms with van der Waals surface area (Å²) in [7, 11) is 2.01. The van der Waals surface area contributed by atoms with Crippen molar-refractivity contribution in [1.29, 1.82) is 0 Å². The van der Waals surface area contributed by atoms with E-state index in [1.165, 1.54) is 12.8 Å². The highest BCUT2D eigenvalue weighted by Crippen LogP contribution is 2.31. The average Bonchev–Trinajstić information content (AvgIpc) is 3.16. The molecule has 3 aromatic rings. The third-order valence-electron chi connectivity index (χ3n) is 4.36. The van der Waals surface area contributed by atoms with Crippen LogP contribution in [-0.4, -0.2) is 35.6 Å². The van der Waals surface area contributed by atoms with Crippen molar-refractivity contribution in [2.24, 2.45) is 7.05 Å². The Bertz CT molecular complexity index is 774. The predicted molar refractivity (Wildman–Crippen MR) is 83.2 cm³/mol. The maximum atomic E-state index is 4.79. The minimum atomic E-state index is 0.371. The summed E-state index contributed by atoms with van der Waals surface area (Å²) in [6.07, 6.45) is 11.4. The molecule has 22 heavy (non-hydrogen) atoms. The van der Waals surface area contributed by atoms with E-state index in [0.29, 0.717) is 6.04 Å². The van der Waals surface area contributed by atoms with Gasteiger partial charge >= 0.3 is 0 Å². The summed E-state index contributed by atoms with van der Waals surface area (Å²) < 4.78 is 3.82. The summed E-state index contributed by atoms with van der Waals surface area (Å²) in [5.74, 6) is 0. The normalized spacial score (nSPS) is 19.8. The van der Waals surface area contributed by atoms with E-state index in [4.69, 9.17) is 4.98 Å². The Balaban J connectivity index is 1.61. The number of fused-ring (bicyclic) bond motifs is 1. The minimum absolute atomic E-state index is 0.371. The Morgan fingerprint density at radius 1 is 1.27 bits per heavy atom. The zero-order chi connectivity index (χ0) is 14.9. The standard InChI is InChI=1S/C16H20N6/c1-20-10-13(17-12-20)11-21-8-3-2-4-15(21)14-6-9-22-16(19-14)5-7-18-22/h5-7,9-10,12,15H,2-4,8,11H2,1H3/t15-/m1/s1. The number of likely N-dealkylation sites (tertiary alicyclic amines) is 1. The van der Waals surface area contributed by atoms with Crippen molar-refractivity contribution in [3.05, 3.63) is 48.4 Å². The van der Waals surface area contributed by atoms with Crippen LogP contribution in [-0.2, 0) is 13.6 Å². The molecular formula is C16H20N6. The first kappa shape index (κ1) is 13.5. The van der Waals surface area contributed by atoms with Crippen molar-refractivity contribution in [2.45, 2.75) is 31.8 Å². The number of rotatable bonds is 3. The molecular weight excluding hydrogens is 276 g/mol. The van der Waals surface area contributed by atoms with Crippen molar-refractivity contribution in [3.63, 3.8) is 0 Å². The van der Waals surface area contributed by atoms with Crippen LogP contribution in [0.3, 0.4) is 0 Å². The first-order valence-electron chi connectivity index (χ1n) is 7.81. The summed E-state index contributed by atoms with van der Waals surface area (Å²) in [5, 5.41) is 4.22. The quantitative estimate of drug-likeness (QED) is 0.743. The van der Waals surface area contributed by atoms with E-state index in [2.05, 4.69) is 27.2 Å². The van der Waals surface area contributed by atoms with Crippen LogP contribution < -0.4 is 0 Å². The van der Waals surface area contributed by atoms with Crippen molar-refractivity contribution in [1.82, 2.24) is 29.0 Å². The molecule has 6 nitrogen and oxygen atoms in total. The number of imidazole rings is 1. The highest BCUT2D eigenvalue weighted by atomic mass is 15.2. The smallest absolute Gasteiger partial charge is 0.155 e. The van der Waals surface area contributed by atoms with Gasteiger partial charge in [0.2, 0.25) is 0 Å². The Kier molecular flexibility index (Phi) is 3.38. The number of hydrogen-bond acceptors (Lipinski definition) is 4. The summed E-state index contributed by atoms with van der Waals surface area (Å²) in [4.78, 5) is 11.8. The van der Waals surface area contributed by atoms with E-state index < -0.39 is 0 Å². The van der Waals surface area contributed by atoms with Gasteiger partial charge in [0, 0.05) is 32.1 Å². The molecule has 1 aliphatic heterocycles. The highest BCUT2D eigenvalue weighted by molar-refractivity contribution is 5.37. The first-order chi connectivity index (χ1) is 10.8. The molecule has 0 aliphatic carbocycles. The van der Waals surface area contributed by atoms with E-state index in [-0.39, 0.29) is 0 Å². The Hall–Kier alpha value is -2.21. The van der Waals surface area contributed by atoms with Crippen LogP contribution in [0.25, 0.3) is 5.65 Å². The number of aromatic nitrogens is 5. The van der Waals surface area contributed by atoms with Crippen molar-refractivity contribution < 1.29 is 0 Å². The van der Waals surface area contributed by atoms with Crippen LogP contribution >= 0.6 is 0 Å². The second-order valence-corrected chi connectivity index (χ2v) is 6.00. The molecule has 0 bridgehead atoms. The fraction of sp³-hybridized carbons (Fsp3) is 0.438. The summed E-state index contributed by atoms with van der Waals surface area (Å²) in [5.41, 5.74) is 3.18. The van der Waals surface area contributed by atoms with E-state index in [1.807, 2.05) is 34.7 Å². The van der Waals surface area contributed by atoms with Gasteiger partial charge < -0.3 is 4.57 Å². The molecule has 1 aliphatic rings. The third-order valence-corrected chi connectivity index (χ3v) is 4.36. The van der Waals surface area contributed by atoms with E-state index in [0.717, 1.165) is 36.5 Å². The van der Waals surface area contributed by atoms with Crippen LogP contribution in [0, 0.1) is 0 Å². The second-order valence-electron chi connectivity index (χ2n) is 6.00. The highest BCUT2D eigenvalue weighted by Gasteiger charge is 2.25. The van der Waals surface area contributed by atoms with E-state index in [9.17, 15) is 0 Å². The Morgan fingerprint density at radius 3 is 3.09 bits per heavy atom. The van der Waals surface area contributed by atoms with Crippen LogP contribution in [0.4, 0.5) is 0 Å². The second kappa shape index (κ2) is 5.53. The van der Waals surface area contributed by atoms with Gasteiger partial charge in [0.05, 0.1) is 30.0 Å². The Morgan fingerprint density at radius 2 is 2.23 bits per heavy atom. The number of aryl methyl sites for hydroxylation is 1. The zero-order valence-corrected chi connectivity index (χ0v) is 12.8. The zero-order valence-electron chi connectivity index (χ0n) is 12.8. The lowest BCUT2D eigenvalue weighted by atomic mass is 9.99. The number of hydrogen-bond donors (Lipinski definition) is 0. The molecule has 0 amide bonds. The van der Waals surface area contributed by atoms with Gasteiger partial charge in [0.15, 0.2) is 5.65 Å². The maximum Gasteiger partial charge on any atom is 0.155 e. The van der Waals surface area contributed by atoms with E-state index in [1.54, 1.807) is 6.20 Å². The van der Waals surface area contributed by atoms with Gasteiger partial charge in [-0.3, -0.25) is 4.90 Å². The summed E-state index contributed by atoms with van der Waals surface area (Å²) in [6, 6.07) is 4.42. The molecule has 114 valence electrons. The van der Waals surface area contributed by atoms with Gasteiger partial charge in [-0.05, 0) is 25.5 Å². The van der Waals surface area contributed by atoms with E-state index >= 15 is 0 Å². The fourth-order valence-electron chi connectivity index (χ4n) is 3.28.